The van der Waals surface area contributed by atoms with E-state index in [0.29, 0.717) is 12.4 Å². The molecule has 2 aromatic heterocycles. The molecule has 0 aliphatic rings. The van der Waals surface area contributed by atoms with E-state index in [1.165, 1.54) is 0 Å². The van der Waals surface area contributed by atoms with Crippen LogP contribution in [-0.4, -0.2) is 27.0 Å². The molecule has 3 aromatic rings. The Morgan fingerprint density at radius 1 is 1.25 bits per heavy atom. The molecule has 0 amide bonds. The van der Waals surface area contributed by atoms with Crippen LogP contribution in [0.15, 0.2) is 30.5 Å². The SMILES string of the molecule is Cc1nc2ccc(N(C)c3ccnc(CN)n3)cc2[nH]1. The summed E-state index contributed by atoms with van der Waals surface area (Å²) in [7, 11) is 1.97. The van der Waals surface area contributed by atoms with E-state index in [0.717, 1.165) is 28.4 Å². The first kappa shape index (κ1) is 12.6. The molecule has 20 heavy (non-hydrogen) atoms. The molecule has 0 saturated carbocycles. The van der Waals surface area contributed by atoms with Gasteiger partial charge in [0.25, 0.3) is 0 Å². The summed E-state index contributed by atoms with van der Waals surface area (Å²) < 4.78 is 0. The summed E-state index contributed by atoms with van der Waals surface area (Å²) in [6.45, 7) is 2.28. The first-order valence-electron chi connectivity index (χ1n) is 6.39. The van der Waals surface area contributed by atoms with E-state index in [2.05, 4.69) is 26.0 Å². The minimum absolute atomic E-state index is 0.334. The van der Waals surface area contributed by atoms with Crippen molar-refractivity contribution in [1.82, 2.24) is 19.9 Å². The number of aryl methyl sites for hydroxylation is 1. The molecule has 1 aromatic carbocycles. The highest BCUT2D eigenvalue weighted by molar-refractivity contribution is 5.80. The van der Waals surface area contributed by atoms with Gasteiger partial charge in [0.1, 0.15) is 17.5 Å². The molecular formula is C14H16N6. The topological polar surface area (TPSA) is 83.7 Å². The van der Waals surface area contributed by atoms with Crippen molar-refractivity contribution in [2.24, 2.45) is 5.73 Å². The summed E-state index contributed by atoms with van der Waals surface area (Å²) in [5.41, 5.74) is 8.59. The van der Waals surface area contributed by atoms with Crippen molar-refractivity contribution in [2.45, 2.75) is 13.5 Å². The molecule has 0 fully saturated rings. The summed E-state index contributed by atoms with van der Waals surface area (Å²) in [6, 6.07) is 7.93. The van der Waals surface area contributed by atoms with Crippen molar-refractivity contribution < 1.29 is 0 Å². The van der Waals surface area contributed by atoms with E-state index in [4.69, 9.17) is 5.73 Å². The number of nitrogens with zero attached hydrogens (tertiary/aromatic N) is 4. The minimum Gasteiger partial charge on any atom is -0.342 e. The Morgan fingerprint density at radius 3 is 2.90 bits per heavy atom. The number of benzene rings is 1. The molecule has 2 heterocycles. The highest BCUT2D eigenvalue weighted by atomic mass is 15.2. The van der Waals surface area contributed by atoms with Gasteiger partial charge in [-0.1, -0.05) is 0 Å². The van der Waals surface area contributed by atoms with Gasteiger partial charge >= 0.3 is 0 Å². The highest BCUT2D eigenvalue weighted by Crippen LogP contribution is 2.24. The van der Waals surface area contributed by atoms with Gasteiger partial charge in [-0.25, -0.2) is 15.0 Å². The first-order chi connectivity index (χ1) is 9.67. The van der Waals surface area contributed by atoms with Gasteiger partial charge in [-0.2, -0.15) is 0 Å². The Bertz CT molecular complexity index is 748. The van der Waals surface area contributed by atoms with Gasteiger partial charge in [0.2, 0.25) is 0 Å². The van der Waals surface area contributed by atoms with Gasteiger partial charge in [0.05, 0.1) is 17.6 Å². The molecule has 6 heteroatoms. The molecule has 6 nitrogen and oxygen atoms in total. The molecular weight excluding hydrogens is 252 g/mol. The van der Waals surface area contributed by atoms with Crippen LogP contribution in [0.2, 0.25) is 0 Å². The Hall–Kier alpha value is -2.47. The molecule has 0 atom stereocenters. The van der Waals surface area contributed by atoms with Gasteiger partial charge in [-0.15, -0.1) is 0 Å². The zero-order chi connectivity index (χ0) is 14.1. The molecule has 3 N–H and O–H groups in total. The van der Waals surface area contributed by atoms with Crippen molar-refractivity contribution in [3.05, 3.63) is 42.1 Å². The van der Waals surface area contributed by atoms with Crippen molar-refractivity contribution in [3.8, 4) is 0 Å². The Balaban J connectivity index is 2.00. The third-order valence-electron chi connectivity index (χ3n) is 3.19. The molecule has 3 rings (SSSR count). The summed E-state index contributed by atoms with van der Waals surface area (Å²) in [6.07, 6.45) is 1.72. The van der Waals surface area contributed by atoms with Gasteiger partial charge < -0.3 is 15.6 Å². The average Bonchev–Trinajstić information content (AvgIpc) is 2.85. The van der Waals surface area contributed by atoms with E-state index < -0.39 is 0 Å². The number of fused-ring (bicyclic) bond motifs is 1. The monoisotopic (exact) mass is 268 g/mol. The van der Waals surface area contributed by atoms with E-state index >= 15 is 0 Å². The van der Waals surface area contributed by atoms with Crippen LogP contribution < -0.4 is 10.6 Å². The van der Waals surface area contributed by atoms with Gasteiger partial charge in [0.15, 0.2) is 0 Å². The lowest BCUT2D eigenvalue weighted by Gasteiger charge is -2.18. The quantitative estimate of drug-likeness (QED) is 0.757. The number of H-pyrrole nitrogens is 1. The zero-order valence-electron chi connectivity index (χ0n) is 11.5. The van der Waals surface area contributed by atoms with Crippen LogP contribution in [0.25, 0.3) is 11.0 Å². The summed E-state index contributed by atoms with van der Waals surface area (Å²) in [4.78, 5) is 18.2. The lowest BCUT2D eigenvalue weighted by atomic mass is 10.2. The predicted molar refractivity (Wildman–Crippen MR) is 78.8 cm³/mol. The van der Waals surface area contributed by atoms with E-state index in [1.54, 1.807) is 6.20 Å². The lowest BCUT2D eigenvalue weighted by molar-refractivity contribution is 0.899. The largest absolute Gasteiger partial charge is 0.342 e. The summed E-state index contributed by atoms with van der Waals surface area (Å²) in [5, 5.41) is 0. The third kappa shape index (κ3) is 2.21. The Labute approximate surface area is 116 Å². The van der Waals surface area contributed by atoms with Crippen molar-refractivity contribution in [3.63, 3.8) is 0 Å². The molecule has 0 spiro atoms. The van der Waals surface area contributed by atoms with Crippen molar-refractivity contribution in [2.75, 3.05) is 11.9 Å². The van der Waals surface area contributed by atoms with E-state index in [-0.39, 0.29) is 0 Å². The Morgan fingerprint density at radius 2 is 2.10 bits per heavy atom. The van der Waals surface area contributed by atoms with Gasteiger partial charge in [0, 0.05) is 18.9 Å². The second-order valence-corrected chi connectivity index (χ2v) is 4.62. The van der Waals surface area contributed by atoms with Crippen molar-refractivity contribution in [1.29, 1.82) is 0 Å². The smallest absolute Gasteiger partial charge is 0.144 e. The van der Waals surface area contributed by atoms with Crippen LogP contribution in [0.5, 0.6) is 0 Å². The number of aromatic amines is 1. The molecule has 0 unspecified atom stereocenters. The van der Waals surface area contributed by atoms with Crippen LogP contribution in [-0.2, 0) is 6.54 Å². The molecule has 0 saturated heterocycles. The predicted octanol–water partition coefficient (Wildman–Crippen LogP) is 1.89. The first-order valence-corrected chi connectivity index (χ1v) is 6.39. The molecule has 102 valence electrons. The third-order valence-corrected chi connectivity index (χ3v) is 3.19. The maximum atomic E-state index is 5.58. The van der Waals surface area contributed by atoms with Crippen molar-refractivity contribution >= 4 is 22.5 Å². The summed E-state index contributed by atoms with van der Waals surface area (Å²) >= 11 is 0. The molecule has 0 radical (unpaired) electrons. The van der Waals surface area contributed by atoms with Crippen LogP contribution in [0.4, 0.5) is 11.5 Å². The molecule has 0 aliphatic heterocycles. The number of nitrogens with two attached hydrogens (primary N) is 1. The molecule has 0 aliphatic carbocycles. The van der Waals surface area contributed by atoms with E-state index in [1.807, 2.05) is 37.1 Å². The minimum atomic E-state index is 0.334. The van der Waals surface area contributed by atoms with Crippen LogP contribution >= 0.6 is 0 Å². The number of imidazole rings is 1. The van der Waals surface area contributed by atoms with Crippen LogP contribution in [0, 0.1) is 6.92 Å². The fraction of sp³-hybridized carbons (Fsp3) is 0.214. The summed E-state index contributed by atoms with van der Waals surface area (Å²) in [5.74, 6) is 2.36. The van der Waals surface area contributed by atoms with Gasteiger partial charge in [-0.05, 0) is 31.2 Å². The van der Waals surface area contributed by atoms with E-state index in [9.17, 15) is 0 Å². The number of anilines is 2. The molecule has 0 bridgehead atoms. The lowest BCUT2D eigenvalue weighted by Crippen LogP contribution is -2.13. The average molecular weight is 268 g/mol. The fourth-order valence-corrected chi connectivity index (χ4v) is 2.14. The number of nitrogens with one attached hydrogen (secondary N) is 1. The van der Waals surface area contributed by atoms with Crippen LogP contribution in [0.1, 0.15) is 11.6 Å². The normalized spacial score (nSPS) is 10.9. The zero-order valence-corrected chi connectivity index (χ0v) is 11.5. The highest BCUT2D eigenvalue weighted by Gasteiger charge is 2.08. The van der Waals surface area contributed by atoms with Crippen LogP contribution in [0.3, 0.4) is 0 Å². The second-order valence-electron chi connectivity index (χ2n) is 4.62. The second kappa shape index (κ2) is 4.90. The van der Waals surface area contributed by atoms with Gasteiger partial charge in [-0.3, -0.25) is 0 Å². The maximum Gasteiger partial charge on any atom is 0.144 e. The standard InChI is InChI=1S/C14H16N6/c1-9-17-11-4-3-10(7-12(11)18-9)20(2)14-5-6-16-13(8-15)19-14/h3-7H,8,15H2,1-2H3,(H,17,18). The number of hydrogen-bond donors (Lipinski definition) is 2. The fourth-order valence-electron chi connectivity index (χ4n) is 2.14. The maximum absolute atomic E-state index is 5.58. The number of rotatable bonds is 3. The number of aromatic nitrogens is 4. The Kier molecular flexibility index (Phi) is 3.08. The number of hydrogen-bond acceptors (Lipinski definition) is 5.